The highest BCUT2D eigenvalue weighted by molar-refractivity contribution is 5.61. The second-order valence-corrected chi connectivity index (χ2v) is 7.81. The summed E-state index contributed by atoms with van der Waals surface area (Å²) in [5.74, 6) is 2.73. The second-order valence-electron chi connectivity index (χ2n) is 7.81. The van der Waals surface area contributed by atoms with E-state index in [1.165, 1.54) is 12.5 Å². The minimum atomic E-state index is 0.364. The molecule has 0 spiro atoms. The number of nitriles is 1. The Balaban J connectivity index is 0.00000107. The summed E-state index contributed by atoms with van der Waals surface area (Å²) in [4.78, 5) is 4.86. The topological polar surface area (TPSA) is 104 Å². The summed E-state index contributed by atoms with van der Waals surface area (Å²) < 4.78 is 1.90. The van der Waals surface area contributed by atoms with Gasteiger partial charge in [-0.2, -0.15) is 14.9 Å². The molecule has 1 atom stereocenters. The number of hydrogen-bond acceptors (Lipinski definition) is 6. The Morgan fingerprint density at radius 2 is 1.90 bits per heavy atom. The summed E-state index contributed by atoms with van der Waals surface area (Å²) in [6, 6.07) is 14.2. The van der Waals surface area contributed by atoms with Crippen LogP contribution in [0, 0.1) is 17.2 Å². The molecule has 2 heterocycles. The maximum absolute atomic E-state index is 7.32. The molecule has 0 radical (unpaired) electrons. The predicted molar refractivity (Wildman–Crippen MR) is 128 cm³/mol. The molecule has 0 saturated heterocycles. The molecule has 4 N–H and O–H groups in total. The standard InChI is InChI=1S/C22H32N6.C2H3N/c1-4-17(10-11-23)13-24-20-12-21(25-14-18-8-6-5-7-9-18)28-22(27-20)19(15-26-28)16(2)3;1-2-3/h5-9,12,15-17,25H,4,10-11,13-14,23H2,1-3H3,(H,24,27);1H3. The van der Waals surface area contributed by atoms with Crippen molar-refractivity contribution < 1.29 is 0 Å². The van der Waals surface area contributed by atoms with E-state index in [4.69, 9.17) is 16.0 Å². The van der Waals surface area contributed by atoms with Crippen LogP contribution in [-0.2, 0) is 6.54 Å². The lowest BCUT2D eigenvalue weighted by Crippen LogP contribution is -2.18. The molecule has 7 nitrogen and oxygen atoms in total. The number of hydrogen-bond donors (Lipinski definition) is 3. The minimum Gasteiger partial charge on any atom is -0.370 e. The number of rotatable bonds is 10. The van der Waals surface area contributed by atoms with Crippen LogP contribution in [0.3, 0.4) is 0 Å². The van der Waals surface area contributed by atoms with Crippen molar-refractivity contribution in [2.24, 2.45) is 11.7 Å². The van der Waals surface area contributed by atoms with Gasteiger partial charge >= 0.3 is 0 Å². The van der Waals surface area contributed by atoms with E-state index in [2.05, 4.69) is 60.8 Å². The zero-order valence-electron chi connectivity index (χ0n) is 19.1. The summed E-state index contributed by atoms with van der Waals surface area (Å²) in [6.45, 7) is 10.3. The van der Waals surface area contributed by atoms with Crippen molar-refractivity contribution in [1.82, 2.24) is 14.6 Å². The van der Waals surface area contributed by atoms with E-state index in [1.807, 2.05) is 22.8 Å². The number of benzene rings is 1. The Morgan fingerprint density at radius 1 is 1.19 bits per heavy atom. The summed E-state index contributed by atoms with van der Waals surface area (Å²) in [5, 5.41) is 18.9. The van der Waals surface area contributed by atoms with Gasteiger partial charge in [-0.05, 0) is 30.4 Å². The van der Waals surface area contributed by atoms with Crippen LogP contribution < -0.4 is 16.4 Å². The predicted octanol–water partition coefficient (Wildman–Crippen LogP) is 4.78. The SMILES string of the molecule is CC#N.CCC(CCN)CNc1cc(NCc2ccccc2)n2ncc(C(C)C)c2n1. The van der Waals surface area contributed by atoms with E-state index in [0.717, 1.165) is 55.3 Å². The van der Waals surface area contributed by atoms with Crippen molar-refractivity contribution in [3.05, 3.63) is 53.7 Å². The molecule has 1 aromatic carbocycles. The van der Waals surface area contributed by atoms with Crippen molar-refractivity contribution in [3.8, 4) is 6.07 Å². The fourth-order valence-corrected chi connectivity index (χ4v) is 3.33. The van der Waals surface area contributed by atoms with Gasteiger partial charge < -0.3 is 16.4 Å². The van der Waals surface area contributed by atoms with Gasteiger partial charge in [0.05, 0.1) is 12.3 Å². The van der Waals surface area contributed by atoms with Gasteiger partial charge in [-0.1, -0.05) is 57.5 Å². The van der Waals surface area contributed by atoms with Crippen LogP contribution in [0.2, 0.25) is 0 Å². The van der Waals surface area contributed by atoms with E-state index in [-0.39, 0.29) is 0 Å². The highest BCUT2D eigenvalue weighted by Gasteiger charge is 2.14. The van der Waals surface area contributed by atoms with Crippen molar-refractivity contribution in [2.45, 2.75) is 53.0 Å². The van der Waals surface area contributed by atoms with E-state index in [1.54, 1.807) is 6.07 Å². The normalized spacial score (nSPS) is 11.5. The molecule has 3 rings (SSSR count). The van der Waals surface area contributed by atoms with Gasteiger partial charge in [0, 0.05) is 31.6 Å². The smallest absolute Gasteiger partial charge is 0.163 e. The summed E-state index contributed by atoms with van der Waals surface area (Å²) in [6.07, 6.45) is 4.05. The van der Waals surface area contributed by atoms with Gasteiger partial charge in [-0.25, -0.2) is 4.98 Å². The van der Waals surface area contributed by atoms with Crippen LogP contribution in [0.1, 0.15) is 57.6 Å². The third-order valence-corrected chi connectivity index (χ3v) is 5.16. The first-order chi connectivity index (χ1) is 15.0. The zero-order chi connectivity index (χ0) is 22.6. The summed E-state index contributed by atoms with van der Waals surface area (Å²) >= 11 is 0. The average molecular weight is 422 g/mol. The second kappa shape index (κ2) is 12.6. The molecule has 0 saturated carbocycles. The van der Waals surface area contributed by atoms with Gasteiger partial charge in [0.15, 0.2) is 5.65 Å². The van der Waals surface area contributed by atoms with Crippen LogP contribution in [0.25, 0.3) is 5.65 Å². The van der Waals surface area contributed by atoms with E-state index < -0.39 is 0 Å². The van der Waals surface area contributed by atoms with Gasteiger partial charge in [0.1, 0.15) is 11.6 Å². The lowest BCUT2D eigenvalue weighted by Gasteiger charge is -2.17. The number of nitrogens with two attached hydrogens (primary N) is 1. The Labute approximate surface area is 185 Å². The molecule has 166 valence electrons. The molecule has 2 aromatic heterocycles. The Bertz CT molecular complexity index is 957. The Morgan fingerprint density at radius 3 is 2.52 bits per heavy atom. The number of fused-ring (bicyclic) bond motifs is 1. The quantitative estimate of drug-likeness (QED) is 0.435. The first-order valence-electron chi connectivity index (χ1n) is 10.9. The van der Waals surface area contributed by atoms with Crippen LogP contribution >= 0.6 is 0 Å². The maximum atomic E-state index is 7.32. The fourth-order valence-electron chi connectivity index (χ4n) is 3.33. The average Bonchev–Trinajstić information content (AvgIpc) is 3.20. The first-order valence-corrected chi connectivity index (χ1v) is 10.9. The van der Waals surface area contributed by atoms with Crippen molar-refractivity contribution in [1.29, 1.82) is 5.26 Å². The highest BCUT2D eigenvalue weighted by atomic mass is 15.3. The van der Waals surface area contributed by atoms with Crippen molar-refractivity contribution in [2.75, 3.05) is 23.7 Å². The Kier molecular flexibility index (Phi) is 9.79. The minimum absolute atomic E-state index is 0.364. The lowest BCUT2D eigenvalue weighted by molar-refractivity contribution is 0.501. The van der Waals surface area contributed by atoms with Crippen molar-refractivity contribution >= 4 is 17.3 Å². The summed E-state index contributed by atoms with van der Waals surface area (Å²) in [7, 11) is 0. The molecule has 31 heavy (non-hydrogen) atoms. The molecule has 0 aliphatic carbocycles. The molecule has 3 aromatic rings. The van der Waals surface area contributed by atoms with Gasteiger partial charge in [0.25, 0.3) is 0 Å². The van der Waals surface area contributed by atoms with Gasteiger partial charge in [0.2, 0.25) is 0 Å². The number of nitrogens with one attached hydrogen (secondary N) is 2. The molecule has 0 fully saturated rings. The third-order valence-electron chi connectivity index (χ3n) is 5.16. The van der Waals surface area contributed by atoms with Gasteiger partial charge in [-0.15, -0.1) is 0 Å². The third kappa shape index (κ3) is 6.97. The summed E-state index contributed by atoms with van der Waals surface area (Å²) in [5.41, 5.74) is 9.03. The van der Waals surface area contributed by atoms with Crippen LogP contribution in [0.5, 0.6) is 0 Å². The number of aromatic nitrogens is 3. The first kappa shape index (κ1) is 24.2. The van der Waals surface area contributed by atoms with E-state index in [0.29, 0.717) is 11.8 Å². The Hall–Kier alpha value is -3.11. The fraction of sp³-hybridized carbons (Fsp3) is 0.458. The monoisotopic (exact) mass is 421 g/mol. The van der Waals surface area contributed by atoms with Crippen molar-refractivity contribution in [3.63, 3.8) is 0 Å². The number of anilines is 2. The lowest BCUT2D eigenvalue weighted by atomic mass is 10.0. The van der Waals surface area contributed by atoms with E-state index in [9.17, 15) is 0 Å². The van der Waals surface area contributed by atoms with Gasteiger partial charge in [-0.3, -0.25) is 0 Å². The molecule has 1 unspecified atom stereocenters. The highest BCUT2D eigenvalue weighted by Crippen LogP contribution is 2.24. The molecular weight excluding hydrogens is 386 g/mol. The molecule has 0 amide bonds. The van der Waals surface area contributed by atoms with E-state index >= 15 is 0 Å². The van der Waals surface area contributed by atoms with Crippen LogP contribution in [0.15, 0.2) is 42.6 Å². The molecular formula is C24H35N7. The molecule has 0 aliphatic rings. The largest absolute Gasteiger partial charge is 0.370 e. The zero-order valence-corrected chi connectivity index (χ0v) is 19.1. The molecule has 0 bridgehead atoms. The van der Waals surface area contributed by atoms with Crippen LogP contribution in [0.4, 0.5) is 11.6 Å². The molecule has 7 heteroatoms. The maximum Gasteiger partial charge on any atom is 0.163 e. The van der Waals surface area contributed by atoms with Crippen LogP contribution in [-0.4, -0.2) is 27.7 Å². The number of nitrogens with zero attached hydrogens (tertiary/aromatic N) is 4. The molecule has 0 aliphatic heterocycles.